The highest BCUT2D eigenvalue weighted by Gasteiger charge is 2.67. The minimum absolute atomic E-state index is 0.0707. The molecule has 5 rings (SSSR count). The zero-order chi connectivity index (χ0) is 18.1. The van der Waals surface area contributed by atoms with E-state index in [0.29, 0.717) is 31.9 Å². The van der Waals surface area contributed by atoms with Gasteiger partial charge in [0.15, 0.2) is 0 Å². The standard InChI is InChI=1S/C18H20N4O4/c1-10-4-20-11(5-19-10)6-22-9-18-3-2-13(26-18)14(15(18)17(22)25)16(24)21-7-12(23)8-21/h2-5,12-15,23H,6-9H2,1H3/t13-,14+,15-,18-/m0/s1. The van der Waals surface area contributed by atoms with Crippen molar-refractivity contribution in [2.75, 3.05) is 19.6 Å². The molecule has 26 heavy (non-hydrogen) atoms. The quantitative estimate of drug-likeness (QED) is 0.718. The molecular weight excluding hydrogens is 336 g/mol. The number of likely N-dealkylation sites (tertiary alicyclic amines) is 2. The highest BCUT2D eigenvalue weighted by molar-refractivity contribution is 5.93. The molecule has 2 bridgehead atoms. The third-order valence-corrected chi connectivity index (χ3v) is 5.83. The third-order valence-electron chi connectivity index (χ3n) is 5.83. The second-order valence-corrected chi connectivity index (χ2v) is 7.64. The number of hydrogen-bond donors (Lipinski definition) is 1. The Morgan fingerprint density at radius 2 is 2.19 bits per heavy atom. The molecule has 5 heterocycles. The number of aliphatic hydroxyl groups excluding tert-OH is 1. The minimum Gasteiger partial charge on any atom is -0.389 e. The lowest BCUT2D eigenvalue weighted by atomic mass is 9.76. The van der Waals surface area contributed by atoms with Crippen molar-refractivity contribution in [1.82, 2.24) is 19.8 Å². The molecule has 0 radical (unpaired) electrons. The van der Waals surface area contributed by atoms with Crippen LogP contribution in [0.2, 0.25) is 0 Å². The lowest BCUT2D eigenvalue weighted by Crippen LogP contribution is -2.57. The van der Waals surface area contributed by atoms with E-state index in [1.54, 1.807) is 22.2 Å². The van der Waals surface area contributed by atoms with Crippen molar-refractivity contribution in [2.45, 2.75) is 31.3 Å². The molecule has 1 spiro atoms. The zero-order valence-electron chi connectivity index (χ0n) is 14.4. The summed E-state index contributed by atoms with van der Waals surface area (Å²) in [6.07, 6.45) is 6.38. The highest BCUT2D eigenvalue weighted by Crippen LogP contribution is 2.52. The van der Waals surface area contributed by atoms with Crippen molar-refractivity contribution in [3.8, 4) is 0 Å². The fraction of sp³-hybridized carbons (Fsp3) is 0.556. The van der Waals surface area contributed by atoms with Crippen molar-refractivity contribution in [2.24, 2.45) is 11.8 Å². The van der Waals surface area contributed by atoms with E-state index in [0.717, 1.165) is 5.69 Å². The number of β-amino-alcohol motifs (C(OH)–C–C–N with tert-alkyl or cyclic N) is 1. The summed E-state index contributed by atoms with van der Waals surface area (Å²) in [5, 5.41) is 9.48. The predicted molar refractivity (Wildman–Crippen MR) is 88.5 cm³/mol. The van der Waals surface area contributed by atoms with E-state index < -0.39 is 23.5 Å². The Kier molecular flexibility index (Phi) is 3.27. The molecule has 1 aromatic heterocycles. The Morgan fingerprint density at radius 1 is 1.38 bits per heavy atom. The molecule has 1 N–H and O–H groups in total. The van der Waals surface area contributed by atoms with Crippen LogP contribution in [0.15, 0.2) is 24.5 Å². The summed E-state index contributed by atoms with van der Waals surface area (Å²) < 4.78 is 6.10. The van der Waals surface area contributed by atoms with Crippen LogP contribution in [0, 0.1) is 18.8 Å². The Bertz CT molecular complexity index is 804. The molecule has 4 atom stereocenters. The van der Waals surface area contributed by atoms with Gasteiger partial charge in [0.1, 0.15) is 5.60 Å². The van der Waals surface area contributed by atoms with Gasteiger partial charge in [-0.25, -0.2) is 0 Å². The summed E-state index contributed by atoms with van der Waals surface area (Å²) >= 11 is 0. The summed E-state index contributed by atoms with van der Waals surface area (Å²) in [7, 11) is 0. The van der Waals surface area contributed by atoms with E-state index in [1.165, 1.54) is 0 Å². The van der Waals surface area contributed by atoms with Gasteiger partial charge in [-0.2, -0.15) is 0 Å². The third kappa shape index (κ3) is 2.15. The van der Waals surface area contributed by atoms with Crippen LogP contribution in [0.3, 0.4) is 0 Å². The van der Waals surface area contributed by atoms with Gasteiger partial charge in [0.25, 0.3) is 0 Å². The summed E-state index contributed by atoms with van der Waals surface area (Å²) in [5.41, 5.74) is 0.820. The van der Waals surface area contributed by atoms with Crippen LogP contribution >= 0.6 is 0 Å². The highest BCUT2D eigenvalue weighted by atomic mass is 16.5. The summed E-state index contributed by atoms with van der Waals surface area (Å²) in [5.74, 6) is -1.17. The Labute approximate surface area is 150 Å². The number of nitrogens with zero attached hydrogens (tertiary/aromatic N) is 4. The van der Waals surface area contributed by atoms with E-state index in [9.17, 15) is 14.7 Å². The van der Waals surface area contributed by atoms with Gasteiger partial charge in [-0.15, -0.1) is 0 Å². The second-order valence-electron chi connectivity index (χ2n) is 7.64. The molecular formula is C18H20N4O4. The van der Waals surface area contributed by atoms with Gasteiger partial charge in [0.05, 0.1) is 54.7 Å². The Morgan fingerprint density at radius 3 is 2.88 bits per heavy atom. The molecule has 0 saturated carbocycles. The topological polar surface area (TPSA) is 95.9 Å². The zero-order valence-corrected chi connectivity index (χ0v) is 14.4. The molecule has 3 saturated heterocycles. The number of amides is 2. The van der Waals surface area contributed by atoms with Gasteiger partial charge in [0.2, 0.25) is 11.8 Å². The molecule has 4 aliphatic rings. The average Bonchev–Trinajstić information content (AvgIpc) is 3.22. The number of aliphatic hydroxyl groups is 1. The average molecular weight is 356 g/mol. The van der Waals surface area contributed by atoms with Crippen LogP contribution in [-0.2, 0) is 20.9 Å². The summed E-state index contributed by atoms with van der Waals surface area (Å²) in [6.45, 7) is 3.31. The van der Waals surface area contributed by atoms with E-state index in [-0.39, 0.29) is 17.9 Å². The van der Waals surface area contributed by atoms with Gasteiger partial charge < -0.3 is 19.6 Å². The number of rotatable bonds is 3. The lowest BCUT2D eigenvalue weighted by Gasteiger charge is -2.39. The maximum atomic E-state index is 13.1. The Hall–Kier alpha value is -2.32. The number of fused-ring (bicyclic) bond motifs is 1. The number of carbonyl (C=O) groups is 2. The van der Waals surface area contributed by atoms with Crippen molar-refractivity contribution >= 4 is 11.8 Å². The smallest absolute Gasteiger partial charge is 0.230 e. The maximum absolute atomic E-state index is 13.1. The van der Waals surface area contributed by atoms with Gasteiger partial charge in [-0.05, 0) is 6.92 Å². The first-order valence-electron chi connectivity index (χ1n) is 8.87. The van der Waals surface area contributed by atoms with Crippen molar-refractivity contribution in [3.63, 3.8) is 0 Å². The molecule has 2 amide bonds. The normalized spacial score (nSPS) is 35.2. The first kappa shape index (κ1) is 15.9. The Balaban J connectivity index is 1.38. The molecule has 8 nitrogen and oxygen atoms in total. The van der Waals surface area contributed by atoms with Gasteiger partial charge in [-0.3, -0.25) is 19.6 Å². The predicted octanol–water partition coefficient (Wildman–Crippen LogP) is -0.730. The number of aryl methyl sites for hydroxylation is 1. The van der Waals surface area contributed by atoms with Crippen molar-refractivity contribution in [1.29, 1.82) is 0 Å². The first-order chi connectivity index (χ1) is 12.5. The minimum atomic E-state index is -0.719. The molecule has 0 unspecified atom stereocenters. The van der Waals surface area contributed by atoms with Gasteiger partial charge in [0, 0.05) is 19.3 Å². The number of ether oxygens (including phenoxy) is 1. The molecule has 4 aliphatic heterocycles. The lowest BCUT2D eigenvalue weighted by molar-refractivity contribution is -0.151. The van der Waals surface area contributed by atoms with E-state index >= 15 is 0 Å². The number of hydrogen-bond acceptors (Lipinski definition) is 6. The fourth-order valence-corrected chi connectivity index (χ4v) is 4.54. The monoisotopic (exact) mass is 356 g/mol. The molecule has 0 aliphatic carbocycles. The van der Waals surface area contributed by atoms with Crippen molar-refractivity contribution < 1.29 is 19.4 Å². The summed E-state index contributed by atoms with van der Waals surface area (Å²) in [4.78, 5) is 37.8. The van der Waals surface area contributed by atoms with Crippen LogP contribution in [-0.4, -0.2) is 74.1 Å². The van der Waals surface area contributed by atoms with Crippen LogP contribution in [0.4, 0.5) is 0 Å². The van der Waals surface area contributed by atoms with Crippen LogP contribution in [0.1, 0.15) is 11.4 Å². The molecule has 1 aromatic rings. The molecule has 0 aromatic carbocycles. The molecule has 3 fully saturated rings. The number of aromatic nitrogens is 2. The second kappa shape index (κ2) is 5.34. The molecule has 8 heteroatoms. The fourth-order valence-electron chi connectivity index (χ4n) is 4.54. The number of carbonyl (C=O) groups excluding carboxylic acids is 2. The largest absolute Gasteiger partial charge is 0.389 e. The van der Waals surface area contributed by atoms with Crippen LogP contribution in [0.5, 0.6) is 0 Å². The van der Waals surface area contributed by atoms with Crippen LogP contribution in [0.25, 0.3) is 0 Å². The van der Waals surface area contributed by atoms with E-state index in [2.05, 4.69) is 9.97 Å². The van der Waals surface area contributed by atoms with Gasteiger partial charge >= 0.3 is 0 Å². The SMILES string of the molecule is Cc1cnc(CN2C[C@]34C=C[C@H](O3)[C@@H](C(=O)N3CC(O)C3)[C@H]4C2=O)cn1. The van der Waals surface area contributed by atoms with Crippen molar-refractivity contribution in [3.05, 3.63) is 35.9 Å². The summed E-state index contributed by atoms with van der Waals surface area (Å²) in [6, 6.07) is 0. The van der Waals surface area contributed by atoms with Crippen LogP contribution < -0.4 is 0 Å². The van der Waals surface area contributed by atoms with Gasteiger partial charge in [-0.1, -0.05) is 12.2 Å². The van der Waals surface area contributed by atoms with E-state index in [4.69, 9.17) is 4.74 Å². The first-order valence-corrected chi connectivity index (χ1v) is 8.87. The van der Waals surface area contributed by atoms with E-state index in [1.807, 2.05) is 19.1 Å². The molecule has 136 valence electrons. The maximum Gasteiger partial charge on any atom is 0.230 e.